The van der Waals surface area contributed by atoms with Gasteiger partial charge >= 0.3 is 0 Å². The molecule has 1 atom stereocenters. The van der Waals surface area contributed by atoms with Gasteiger partial charge in [0.05, 0.1) is 0 Å². The van der Waals surface area contributed by atoms with Crippen molar-refractivity contribution in [1.82, 2.24) is 5.43 Å². The summed E-state index contributed by atoms with van der Waals surface area (Å²) >= 11 is 0. The topological polar surface area (TPSA) is 38.0 Å². The minimum atomic E-state index is 0.296. The third-order valence-electron chi connectivity index (χ3n) is 3.04. The van der Waals surface area contributed by atoms with Gasteiger partial charge < -0.3 is 0 Å². The summed E-state index contributed by atoms with van der Waals surface area (Å²) < 4.78 is 0. The molecule has 2 nitrogen and oxygen atoms in total. The number of hydrogen-bond donors (Lipinski definition) is 2. The fourth-order valence-electron chi connectivity index (χ4n) is 1.73. The van der Waals surface area contributed by atoms with Gasteiger partial charge in [-0.25, -0.2) is 0 Å². The smallest absolute Gasteiger partial charge is 0.0261 e. The highest BCUT2D eigenvalue weighted by Crippen LogP contribution is 2.34. The largest absolute Gasteiger partial charge is 0.271 e. The summed E-state index contributed by atoms with van der Waals surface area (Å²) in [6.07, 6.45) is 5.49. The predicted octanol–water partition coefficient (Wildman–Crippen LogP) is 2.05. The van der Waals surface area contributed by atoms with Crippen molar-refractivity contribution < 1.29 is 0 Å². The summed E-state index contributed by atoms with van der Waals surface area (Å²) in [6, 6.07) is 0.475. The van der Waals surface area contributed by atoms with E-state index in [9.17, 15) is 0 Å². The van der Waals surface area contributed by atoms with Crippen molar-refractivity contribution in [3.05, 3.63) is 0 Å². The van der Waals surface area contributed by atoms with Gasteiger partial charge in [-0.05, 0) is 17.8 Å². The van der Waals surface area contributed by atoms with E-state index in [1.54, 1.807) is 0 Å². The molecule has 0 amide bonds. The molecule has 0 aliphatic heterocycles. The second-order valence-electron chi connectivity index (χ2n) is 5.12. The molecule has 0 aromatic carbocycles. The molecule has 0 radical (unpaired) electrons. The minimum absolute atomic E-state index is 0.296. The number of hydrazine groups is 1. The van der Waals surface area contributed by atoms with Gasteiger partial charge in [-0.15, -0.1) is 0 Å². The van der Waals surface area contributed by atoms with E-state index in [1.807, 2.05) is 0 Å². The highest BCUT2D eigenvalue weighted by molar-refractivity contribution is 4.83. The van der Waals surface area contributed by atoms with E-state index >= 15 is 0 Å². The predicted molar refractivity (Wildman–Crippen MR) is 52.5 cm³/mol. The van der Waals surface area contributed by atoms with Gasteiger partial charge in [0, 0.05) is 6.04 Å². The van der Waals surface area contributed by atoms with Crippen LogP contribution in [0.3, 0.4) is 0 Å². The zero-order valence-corrected chi connectivity index (χ0v) is 8.56. The van der Waals surface area contributed by atoms with E-state index in [2.05, 4.69) is 26.2 Å². The molecule has 0 bridgehead atoms. The van der Waals surface area contributed by atoms with Crippen LogP contribution in [-0.4, -0.2) is 6.04 Å². The Kier molecular flexibility index (Phi) is 3.13. The molecule has 0 aromatic rings. The SMILES string of the molecule is CC(C)(C)C(CC1CCC1)NN. The molecule has 0 spiro atoms. The molecule has 72 valence electrons. The van der Waals surface area contributed by atoms with E-state index in [1.165, 1.54) is 25.7 Å². The van der Waals surface area contributed by atoms with Crippen molar-refractivity contribution in [2.75, 3.05) is 0 Å². The Hall–Kier alpha value is -0.0800. The van der Waals surface area contributed by atoms with Crippen molar-refractivity contribution >= 4 is 0 Å². The minimum Gasteiger partial charge on any atom is -0.271 e. The fourth-order valence-corrected chi connectivity index (χ4v) is 1.73. The fraction of sp³-hybridized carbons (Fsp3) is 1.00. The Bertz CT molecular complexity index is 133. The molecule has 12 heavy (non-hydrogen) atoms. The maximum Gasteiger partial charge on any atom is 0.0261 e. The summed E-state index contributed by atoms with van der Waals surface area (Å²) in [7, 11) is 0. The second-order valence-corrected chi connectivity index (χ2v) is 5.12. The van der Waals surface area contributed by atoms with E-state index in [0.29, 0.717) is 11.5 Å². The van der Waals surface area contributed by atoms with Gasteiger partial charge in [0.25, 0.3) is 0 Å². The van der Waals surface area contributed by atoms with Crippen LogP contribution in [0.15, 0.2) is 0 Å². The average molecular weight is 170 g/mol. The lowest BCUT2D eigenvalue weighted by Gasteiger charge is -2.36. The van der Waals surface area contributed by atoms with Gasteiger partial charge in [0.2, 0.25) is 0 Å². The average Bonchev–Trinajstić information content (AvgIpc) is 1.82. The van der Waals surface area contributed by atoms with Crippen LogP contribution in [0.5, 0.6) is 0 Å². The van der Waals surface area contributed by atoms with Crippen LogP contribution in [0.1, 0.15) is 46.5 Å². The standard InChI is InChI=1S/C10H22N2/c1-10(2,3)9(12-11)7-8-5-4-6-8/h8-9,12H,4-7,11H2,1-3H3. The molecule has 1 rings (SSSR count). The molecule has 0 aromatic heterocycles. The quantitative estimate of drug-likeness (QED) is 0.502. The van der Waals surface area contributed by atoms with Crippen molar-refractivity contribution in [3.63, 3.8) is 0 Å². The normalized spacial score (nSPS) is 22.0. The van der Waals surface area contributed by atoms with Gasteiger partial charge in [-0.2, -0.15) is 0 Å². The van der Waals surface area contributed by atoms with E-state index in [0.717, 1.165) is 5.92 Å². The highest BCUT2D eigenvalue weighted by atomic mass is 15.2. The molecule has 3 N–H and O–H groups in total. The van der Waals surface area contributed by atoms with Crippen LogP contribution in [0.4, 0.5) is 0 Å². The van der Waals surface area contributed by atoms with E-state index < -0.39 is 0 Å². The first kappa shape index (κ1) is 10.0. The van der Waals surface area contributed by atoms with E-state index in [4.69, 9.17) is 5.84 Å². The molecular weight excluding hydrogens is 148 g/mol. The molecule has 2 heteroatoms. The highest BCUT2D eigenvalue weighted by Gasteiger charge is 2.28. The zero-order chi connectivity index (χ0) is 9.19. The lowest BCUT2D eigenvalue weighted by Crippen LogP contribution is -2.46. The van der Waals surface area contributed by atoms with Gasteiger partial charge in [0.15, 0.2) is 0 Å². The van der Waals surface area contributed by atoms with Gasteiger partial charge in [-0.3, -0.25) is 11.3 Å². The summed E-state index contributed by atoms with van der Waals surface area (Å²) in [5.74, 6) is 6.47. The van der Waals surface area contributed by atoms with Crippen LogP contribution in [-0.2, 0) is 0 Å². The van der Waals surface area contributed by atoms with Crippen LogP contribution < -0.4 is 11.3 Å². The van der Waals surface area contributed by atoms with Crippen molar-refractivity contribution in [2.45, 2.75) is 52.5 Å². The van der Waals surface area contributed by atoms with Gasteiger partial charge in [-0.1, -0.05) is 40.0 Å². The zero-order valence-electron chi connectivity index (χ0n) is 8.56. The summed E-state index contributed by atoms with van der Waals surface area (Å²) in [4.78, 5) is 0. The molecule has 0 saturated heterocycles. The molecule has 1 fully saturated rings. The summed E-state index contributed by atoms with van der Waals surface area (Å²) in [6.45, 7) is 6.74. The van der Waals surface area contributed by atoms with Crippen LogP contribution in [0, 0.1) is 11.3 Å². The lowest BCUT2D eigenvalue weighted by atomic mass is 9.75. The Balaban J connectivity index is 2.34. The molecule has 1 aliphatic carbocycles. The third kappa shape index (κ3) is 2.46. The lowest BCUT2D eigenvalue weighted by molar-refractivity contribution is 0.183. The summed E-state index contributed by atoms with van der Waals surface area (Å²) in [5.41, 5.74) is 3.24. The number of hydrogen-bond acceptors (Lipinski definition) is 2. The Labute approximate surface area is 75.9 Å². The molecule has 0 heterocycles. The molecule has 1 unspecified atom stereocenters. The molecule has 1 aliphatic rings. The maximum atomic E-state index is 5.54. The van der Waals surface area contributed by atoms with Crippen LogP contribution in [0.25, 0.3) is 0 Å². The first-order valence-corrected chi connectivity index (χ1v) is 5.00. The number of nitrogens with two attached hydrogens (primary N) is 1. The van der Waals surface area contributed by atoms with Crippen molar-refractivity contribution in [2.24, 2.45) is 17.2 Å². The Morgan fingerprint density at radius 1 is 1.42 bits per heavy atom. The monoisotopic (exact) mass is 170 g/mol. The van der Waals surface area contributed by atoms with E-state index in [-0.39, 0.29) is 0 Å². The molecular formula is C10H22N2. The maximum absolute atomic E-state index is 5.54. The first-order valence-electron chi connectivity index (χ1n) is 5.00. The Morgan fingerprint density at radius 2 is 2.00 bits per heavy atom. The van der Waals surface area contributed by atoms with Crippen molar-refractivity contribution in [3.8, 4) is 0 Å². The second kappa shape index (κ2) is 3.75. The molecule has 1 saturated carbocycles. The van der Waals surface area contributed by atoms with Crippen LogP contribution >= 0.6 is 0 Å². The number of nitrogens with one attached hydrogen (secondary N) is 1. The number of rotatable bonds is 3. The van der Waals surface area contributed by atoms with Crippen LogP contribution in [0.2, 0.25) is 0 Å². The first-order chi connectivity index (χ1) is 5.54. The Morgan fingerprint density at radius 3 is 2.25 bits per heavy atom. The third-order valence-corrected chi connectivity index (χ3v) is 3.04. The summed E-state index contributed by atoms with van der Waals surface area (Å²) in [5, 5.41) is 0. The van der Waals surface area contributed by atoms with Crippen molar-refractivity contribution in [1.29, 1.82) is 0 Å². The van der Waals surface area contributed by atoms with Gasteiger partial charge in [0.1, 0.15) is 0 Å².